The maximum Gasteiger partial charge on any atom is 0.416 e. The Morgan fingerprint density at radius 2 is 1.40 bits per heavy atom. The lowest BCUT2D eigenvalue weighted by Crippen LogP contribution is -2.49. The van der Waals surface area contributed by atoms with E-state index in [1.54, 1.807) is 12.3 Å². The number of Topliss-reactive ketones (excluding diaryl/α,β-unsaturated/α-hetero) is 1. The van der Waals surface area contributed by atoms with Crippen LogP contribution >= 0.6 is 0 Å². The van der Waals surface area contributed by atoms with Crippen LogP contribution in [0.2, 0.25) is 0 Å². The predicted molar refractivity (Wildman–Crippen MR) is 111 cm³/mol. The van der Waals surface area contributed by atoms with Crippen molar-refractivity contribution in [3.05, 3.63) is 113 Å². The van der Waals surface area contributed by atoms with Crippen LogP contribution in [-0.4, -0.2) is 24.3 Å². The predicted octanol–water partition coefficient (Wildman–Crippen LogP) is 5.55. The van der Waals surface area contributed by atoms with Crippen LogP contribution in [0.5, 0.6) is 0 Å². The van der Waals surface area contributed by atoms with Crippen molar-refractivity contribution in [2.75, 3.05) is 13.6 Å². The van der Waals surface area contributed by atoms with Crippen molar-refractivity contribution in [2.24, 2.45) is 0 Å². The number of rotatable bonds is 3. The third-order valence-corrected chi connectivity index (χ3v) is 5.50. The molecule has 5 heteroatoms. The number of carbonyl (C=O) groups is 1. The Labute approximate surface area is 173 Å². The summed E-state index contributed by atoms with van der Waals surface area (Å²) in [6.45, 7) is 0.391. The van der Waals surface area contributed by atoms with Gasteiger partial charge in [-0.15, -0.1) is 0 Å². The molecule has 3 aromatic rings. The molecule has 0 amide bonds. The van der Waals surface area contributed by atoms with Crippen LogP contribution in [0.4, 0.5) is 13.2 Å². The van der Waals surface area contributed by atoms with Crippen molar-refractivity contribution >= 4 is 11.4 Å². The molecule has 0 atom stereocenters. The van der Waals surface area contributed by atoms with Gasteiger partial charge in [-0.25, -0.2) is 0 Å². The fraction of sp³-hybridized carbons (Fsp3) is 0.160. The summed E-state index contributed by atoms with van der Waals surface area (Å²) in [5, 5.41) is 0. The molecular weight excluding hydrogens is 387 g/mol. The zero-order valence-electron chi connectivity index (χ0n) is 16.4. The second-order valence-electron chi connectivity index (χ2n) is 7.50. The maximum atomic E-state index is 14.0. The molecule has 1 aliphatic heterocycles. The van der Waals surface area contributed by atoms with Crippen molar-refractivity contribution in [3.63, 3.8) is 0 Å². The fourth-order valence-corrected chi connectivity index (χ4v) is 4.13. The van der Waals surface area contributed by atoms with Crippen LogP contribution < -0.4 is 0 Å². The Hall–Kier alpha value is -3.34. The smallest absolute Gasteiger partial charge is 0.378 e. The van der Waals surface area contributed by atoms with E-state index in [0.29, 0.717) is 6.54 Å². The first kappa shape index (κ1) is 20.0. The number of halogens is 3. The minimum atomic E-state index is -4.48. The van der Waals surface area contributed by atoms with Gasteiger partial charge in [-0.1, -0.05) is 72.8 Å². The minimum Gasteiger partial charge on any atom is -0.378 e. The Kier molecular flexibility index (Phi) is 4.98. The Morgan fingerprint density at radius 1 is 0.833 bits per heavy atom. The summed E-state index contributed by atoms with van der Waals surface area (Å²) in [6.07, 6.45) is -2.84. The standard InChI is InChI=1S/C25H20F3NO/c1-29-16-22(18-9-8-14-21(15-18)25(26,27)28)23(30)24(17-29,19-10-4-2-5-11-19)20-12-6-3-7-13-20/h2-16H,17H2,1H3. The molecule has 0 saturated carbocycles. The molecule has 3 aromatic carbocycles. The maximum absolute atomic E-state index is 14.0. The van der Waals surface area contributed by atoms with Crippen molar-refractivity contribution in [2.45, 2.75) is 11.6 Å². The summed E-state index contributed by atoms with van der Waals surface area (Å²) < 4.78 is 39.8. The fourth-order valence-electron chi connectivity index (χ4n) is 4.13. The third-order valence-electron chi connectivity index (χ3n) is 5.50. The lowest BCUT2D eigenvalue weighted by atomic mass is 9.67. The monoisotopic (exact) mass is 407 g/mol. The van der Waals surface area contributed by atoms with Gasteiger partial charge >= 0.3 is 6.18 Å². The van der Waals surface area contributed by atoms with E-state index in [2.05, 4.69) is 0 Å². The highest BCUT2D eigenvalue weighted by Crippen LogP contribution is 2.42. The van der Waals surface area contributed by atoms with E-state index in [4.69, 9.17) is 0 Å². The Morgan fingerprint density at radius 3 is 1.93 bits per heavy atom. The van der Waals surface area contributed by atoms with Crippen molar-refractivity contribution < 1.29 is 18.0 Å². The van der Waals surface area contributed by atoms with Crippen LogP contribution in [0.3, 0.4) is 0 Å². The van der Waals surface area contributed by atoms with E-state index < -0.39 is 17.2 Å². The number of allylic oxidation sites excluding steroid dienone is 1. The molecule has 0 fully saturated rings. The Bertz CT molecular complexity index is 1050. The van der Waals surface area contributed by atoms with Crippen molar-refractivity contribution in [3.8, 4) is 0 Å². The van der Waals surface area contributed by atoms with Gasteiger partial charge in [0, 0.05) is 25.4 Å². The molecular formula is C25H20F3NO. The van der Waals surface area contributed by atoms with Crippen LogP contribution in [0, 0.1) is 0 Å². The first-order valence-corrected chi connectivity index (χ1v) is 9.58. The van der Waals surface area contributed by atoms with Crippen LogP contribution in [0.15, 0.2) is 91.1 Å². The van der Waals surface area contributed by atoms with E-state index in [0.717, 1.165) is 23.3 Å². The summed E-state index contributed by atoms with van der Waals surface area (Å²) in [7, 11) is 1.83. The van der Waals surface area contributed by atoms with Gasteiger partial charge in [-0.3, -0.25) is 4.79 Å². The number of ketones is 1. The molecule has 0 aliphatic carbocycles. The third kappa shape index (κ3) is 3.41. The normalized spacial score (nSPS) is 16.3. The highest BCUT2D eigenvalue weighted by Gasteiger charge is 2.46. The number of hydrogen-bond acceptors (Lipinski definition) is 2. The average molecular weight is 407 g/mol. The molecule has 2 nitrogen and oxygen atoms in total. The zero-order chi connectivity index (χ0) is 21.4. The van der Waals surface area contributed by atoms with Gasteiger partial charge in [0.1, 0.15) is 5.41 Å². The Balaban J connectivity index is 1.91. The van der Waals surface area contributed by atoms with E-state index in [1.165, 1.54) is 6.07 Å². The average Bonchev–Trinajstić information content (AvgIpc) is 2.76. The molecule has 0 bridgehead atoms. The first-order valence-electron chi connectivity index (χ1n) is 9.58. The number of benzene rings is 3. The second kappa shape index (κ2) is 7.48. The van der Waals surface area contributed by atoms with Crippen molar-refractivity contribution in [1.82, 2.24) is 4.90 Å². The molecule has 0 aromatic heterocycles. The van der Waals surface area contributed by atoms with E-state index in [9.17, 15) is 18.0 Å². The summed E-state index contributed by atoms with van der Waals surface area (Å²) in [4.78, 5) is 15.9. The molecule has 1 aliphatic rings. The number of nitrogens with zero attached hydrogens (tertiary/aromatic N) is 1. The van der Waals surface area contributed by atoms with Gasteiger partial charge in [0.15, 0.2) is 5.78 Å². The summed E-state index contributed by atoms with van der Waals surface area (Å²) in [6, 6.07) is 23.8. The first-order chi connectivity index (χ1) is 14.3. The van der Waals surface area contributed by atoms with Gasteiger partial charge in [0.05, 0.1) is 5.56 Å². The number of likely N-dealkylation sites (N-methyl/N-ethyl adjacent to an activating group) is 1. The molecule has 1 heterocycles. The number of carbonyl (C=O) groups excluding carboxylic acids is 1. The molecule has 0 saturated heterocycles. The van der Waals surface area contributed by atoms with Gasteiger partial charge in [0.2, 0.25) is 0 Å². The van der Waals surface area contributed by atoms with Gasteiger partial charge in [0.25, 0.3) is 0 Å². The summed E-state index contributed by atoms with van der Waals surface area (Å²) in [5.41, 5.74) is 0.360. The van der Waals surface area contributed by atoms with Crippen LogP contribution in [0.25, 0.3) is 5.57 Å². The number of hydrogen-bond donors (Lipinski definition) is 0. The van der Waals surface area contributed by atoms with E-state index >= 15 is 0 Å². The molecule has 0 unspecified atom stereocenters. The van der Waals surface area contributed by atoms with Gasteiger partial charge < -0.3 is 4.90 Å². The van der Waals surface area contributed by atoms with Crippen LogP contribution in [-0.2, 0) is 16.4 Å². The van der Waals surface area contributed by atoms with E-state index in [1.807, 2.05) is 72.6 Å². The SMILES string of the molecule is CN1C=C(c2cccc(C(F)(F)F)c2)C(=O)C(c2ccccc2)(c2ccccc2)C1. The topological polar surface area (TPSA) is 20.3 Å². The zero-order valence-corrected chi connectivity index (χ0v) is 16.4. The largest absolute Gasteiger partial charge is 0.416 e. The van der Waals surface area contributed by atoms with Crippen LogP contribution in [0.1, 0.15) is 22.3 Å². The van der Waals surface area contributed by atoms with Crippen molar-refractivity contribution in [1.29, 1.82) is 0 Å². The quantitative estimate of drug-likeness (QED) is 0.568. The highest BCUT2D eigenvalue weighted by atomic mass is 19.4. The van der Waals surface area contributed by atoms with E-state index in [-0.39, 0.29) is 16.9 Å². The lowest BCUT2D eigenvalue weighted by Gasteiger charge is -2.41. The minimum absolute atomic E-state index is 0.211. The molecule has 0 N–H and O–H groups in total. The molecule has 152 valence electrons. The summed E-state index contributed by atoms with van der Waals surface area (Å²) in [5.74, 6) is -0.211. The second-order valence-corrected chi connectivity index (χ2v) is 7.50. The highest BCUT2D eigenvalue weighted by molar-refractivity contribution is 6.27. The summed E-state index contributed by atoms with van der Waals surface area (Å²) >= 11 is 0. The molecule has 4 rings (SSSR count). The lowest BCUT2D eigenvalue weighted by molar-refractivity contribution is -0.137. The molecule has 0 radical (unpaired) electrons. The molecule has 30 heavy (non-hydrogen) atoms. The molecule has 0 spiro atoms. The number of alkyl halides is 3. The van der Waals surface area contributed by atoms with Gasteiger partial charge in [-0.2, -0.15) is 13.2 Å². The van der Waals surface area contributed by atoms with Gasteiger partial charge in [-0.05, 0) is 28.8 Å².